The summed E-state index contributed by atoms with van der Waals surface area (Å²) in [6, 6.07) is 10.1. The first-order valence-corrected chi connectivity index (χ1v) is 11.9. The molecule has 0 aliphatic carbocycles. The molecule has 1 heterocycles. The summed E-state index contributed by atoms with van der Waals surface area (Å²) >= 11 is 7.40. The quantitative estimate of drug-likeness (QED) is 0.543. The van der Waals surface area contributed by atoms with Crippen LogP contribution in [0.1, 0.15) is 37.0 Å². The molecule has 158 valence electrons. The molecule has 0 spiro atoms. The van der Waals surface area contributed by atoms with Gasteiger partial charge in [0, 0.05) is 22.5 Å². The molecule has 0 radical (unpaired) electrons. The SMILES string of the molecule is CC1(Sc2cccc(C(F)(F)F)c2)CCOC(c2ccc(Cl)c(S(C)(=O)=O)c2)C1. The molecule has 29 heavy (non-hydrogen) atoms. The van der Waals surface area contributed by atoms with Gasteiger partial charge in [0.1, 0.15) is 0 Å². The zero-order valence-corrected chi connectivity index (χ0v) is 18.2. The number of rotatable bonds is 4. The van der Waals surface area contributed by atoms with Crippen LogP contribution in [0, 0.1) is 0 Å². The van der Waals surface area contributed by atoms with Crippen LogP contribution in [0.25, 0.3) is 0 Å². The van der Waals surface area contributed by atoms with E-state index < -0.39 is 21.6 Å². The zero-order chi connectivity index (χ0) is 21.4. The molecule has 0 amide bonds. The molecule has 2 aromatic carbocycles. The van der Waals surface area contributed by atoms with Crippen LogP contribution in [-0.2, 0) is 20.8 Å². The monoisotopic (exact) mass is 464 g/mol. The van der Waals surface area contributed by atoms with E-state index in [-0.39, 0.29) is 20.8 Å². The minimum absolute atomic E-state index is 0.0399. The highest BCUT2D eigenvalue weighted by molar-refractivity contribution is 8.00. The first-order valence-electron chi connectivity index (χ1n) is 8.85. The number of ether oxygens (including phenoxy) is 1. The first-order chi connectivity index (χ1) is 13.4. The largest absolute Gasteiger partial charge is 0.416 e. The van der Waals surface area contributed by atoms with Gasteiger partial charge in [-0.15, -0.1) is 11.8 Å². The number of hydrogen-bond donors (Lipinski definition) is 0. The Bertz CT molecular complexity index is 1010. The molecule has 1 aliphatic heterocycles. The average Bonchev–Trinajstić information content (AvgIpc) is 2.60. The Balaban J connectivity index is 1.84. The van der Waals surface area contributed by atoms with Crippen LogP contribution in [0.3, 0.4) is 0 Å². The highest BCUT2D eigenvalue weighted by Crippen LogP contribution is 2.47. The van der Waals surface area contributed by atoms with Gasteiger partial charge in [0.2, 0.25) is 0 Å². The Labute approximate surface area is 177 Å². The molecular formula is C20H20ClF3O3S2. The summed E-state index contributed by atoms with van der Waals surface area (Å²) in [4.78, 5) is 0.578. The van der Waals surface area contributed by atoms with E-state index >= 15 is 0 Å². The number of sulfone groups is 1. The van der Waals surface area contributed by atoms with E-state index in [0.717, 1.165) is 18.4 Å². The average molecular weight is 465 g/mol. The minimum Gasteiger partial charge on any atom is -0.373 e. The molecule has 2 aromatic rings. The van der Waals surface area contributed by atoms with Crippen LogP contribution in [0.4, 0.5) is 13.2 Å². The van der Waals surface area contributed by atoms with Crippen LogP contribution >= 0.6 is 23.4 Å². The number of benzene rings is 2. The molecule has 2 atom stereocenters. The van der Waals surface area contributed by atoms with Gasteiger partial charge >= 0.3 is 6.18 Å². The lowest BCUT2D eigenvalue weighted by molar-refractivity contribution is -0.137. The van der Waals surface area contributed by atoms with E-state index in [9.17, 15) is 21.6 Å². The first kappa shape index (κ1) is 22.5. The number of halogens is 4. The lowest BCUT2D eigenvalue weighted by Gasteiger charge is -2.38. The molecule has 1 fully saturated rings. The van der Waals surface area contributed by atoms with Gasteiger partial charge in [0.25, 0.3) is 0 Å². The second-order valence-electron chi connectivity index (χ2n) is 7.35. The standard InChI is InChI=1S/C20H20ClF3O3S2/c1-19(28-15-5-3-4-14(11-15)20(22,23)24)8-9-27-17(12-19)13-6-7-16(21)18(10-13)29(2,25)26/h3-7,10-11,17H,8-9,12H2,1-2H3. The molecule has 0 bridgehead atoms. The summed E-state index contributed by atoms with van der Waals surface area (Å²) in [7, 11) is -3.49. The third-order valence-electron chi connectivity index (χ3n) is 4.82. The third-order valence-corrected chi connectivity index (χ3v) is 7.75. The molecule has 9 heteroatoms. The van der Waals surface area contributed by atoms with Crippen molar-refractivity contribution < 1.29 is 26.3 Å². The molecule has 1 saturated heterocycles. The Morgan fingerprint density at radius 3 is 2.59 bits per heavy atom. The van der Waals surface area contributed by atoms with Gasteiger partial charge in [-0.1, -0.05) is 23.7 Å². The fourth-order valence-electron chi connectivity index (χ4n) is 3.30. The van der Waals surface area contributed by atoms with Crippen molar-refractivity contribution in [1.82, 2.24) is 0 Å². The summed E-state index contributed by atoms with van der Waals surface area (Å²) in [6.07, 6.45) is -2.48. The van der Waals surface area contributed by atoms with Crippen molar-refractivity contribution in [2.24, 2.45) is 0 Å². The lowest BCUT2D eigenvalue weighted by Crippen LogP contribution is -2.31. The van der Waals surface area contributed by atoms with Gasteiger partial charge in [-0.25, -0.2) is 8.42 Å². The predicted octanol–water partition coefficient (Wildman–Crippen LogP) is 6.16. The fraction of sp³-hybridized carbons (Fsp3) is 0.400. The van der Waals surface area contributed by atoms with E-state index in [4.69, 9.17) is 16.3 Å². The van der Waals surface area contributed by atoms with Crippen molar-refractivity contribution in [3.8, 4) is 0 Å². The molecule has 3 nitrogen and oxygen atoms in total. The molecule has 3 rings (SSSR count). The van der Waals surface area contributed by atoms with Gasteiger partial charge in [0.15, 0.2) is 9.84 Å². The molecule has 1 aliphatic rings. The van der Waals surface area contributed by atoms with E-state index in [0.29, 0.717) is 29.9 Å². The Morgan fingerprint density at radius 1 is 1.21 bits per heavy atom. The molecular weight excluding hydrogens is 445 g/mol. The van der Waals surface area contributed by atoms with Crippen LogP contribution in [0.15, 0.2) is 52.3 Å². The van der Waals surface area contributed by atoms with Gasteiger partial charge < -0.3 is 4.74 Å². The van der Waals surface area contributed by atoms with E-state index in [1.807, 2.05) is 6.92 Å². The number of alkyl halides is 3. The highest BCUT2D eigenvalue weighted by atomic mass is 35.5. The molecule has 0 N–H and O–H groups in total. The topological polar surface area (TPSA) is 43.4 Å². The third kappa shape index (κ3) is 5.48. The van der Waals surface area contributed by atoms with Crippen LogP contribution in [0.2, 0.25) is 5.02 Å². The molecule has 0 aromatic heterocycles. The second kappa shape index (κ2) is 8.13. The van der Waals surface area contributed by atoms with Gasteiger partial charge in [0.05, 0.1) is 21.6 Å². The summed E-state index contributed by atoms with van der Waals surface area (Å²) in [5.41, 5.74) is 0.00981. The predicted molar refractivity (Wildman–Crippen MR) is 108 cm³/mol. The van der Waals surface area contributed by atoms with Crippen molar-refractivity contribution in [1.29, 1.82) is 0 Å². The summed E-state index contributed by atoms with van der Waals surface area (Å²) in [5, 5.41) is 0.146. The van der Waals surface area contributed by atoms with Crippen molar-refractivity contribution in [2.75, 3.05) is 12.9 Å². The molecule has 0 saturated carbocycles. The van der Waals surface area contributed by atoms with E-state index in [1.54, 1.807) is 12.1 Å². The van der Waals surface area contributed by atoms with E-state index in [1.165, 1.54) is 30.0 Å². The van der Waals surface area contributed by atoms with Crippen molar-refractivity contribution in [3.05, 3.63) is 58.6 Å². The van der Waals surface area contributed by atoms with Gasteiger partial charge in [-0.05, 0) is 55.7 Å². The number of thioether (sulfide) groups is 1. The maximum atomic E-state index is 13.0. The maximum Gasteiger partial charge on any atom is 0.416 e. The van der Waals surface area contributed by atoms with E-state index in [2.05, 4.69) is 0 Å². The second-order valence-corrected chi connectivity index (χ2v) is 11.4. The van der Waals surface area contributed by atoms with Crippen molar-refractivity contribution in [3.63, 3.8) is 0 Å². The Hall–Kier alpha value is -1.22. The van der Waals surface area contributed by atoms with Crippen molar-refractivity contribution >= 4 is 33.2 Å². The van der Waals surface area contributed by atoms with Gasteiger partial charge in [-0.2, -0.15) is 13.2 Å². The Morgan fingerprint density at radius 2 is 1.93 bits per heavy atom. The fourth-order valence-corrected chi connectivity index (χ4v) is 5.93. The van der Waals surface area contributed by atoms with Crippen LogP contribution in [-0.4, -0.2) is 26.0 Å². The smallest absolute Gasteiger partial charge is 0.373 e. The van der Waals surface area contributed by atoms with Crippen LogP contribution < -0.4 is 0 Å². The molecule has 2 unspecified atom stereocenters. The highest BCUT2D eigenvalue weighted by Gasteiger charge is 2.36. The Kier molecular flexibility index (Phi) is 6.30. The number of hydrogen-bond acceptors (Lipinski definition) is 4. The normalized spacial score (nSPS) is 23.2. The minimum atomic E-state index is -4.39. The summed E-state index contributed by atoms with van der Waals surface area (Å²) in [5.74, 6) is 0. The maximum absolute atomic E-state index is 13.0. The van der Waals surface area contributed by atoms with Gasteiger partial charge in [-0.3, -0.25) is 0 Å². The summed E-state index contributed by atoms with van der Waals surface area (Å²) in [6.45, 7) is 2.41. The summed E-state index contributed by atoms with van der Waals surface area (Å²) < 4.78 is 68.4. The van der Waals surface area contributed by atoms with Crippen LogP contribution in [0.5, 0.6) is 0 Å². The van der Waals surface area contributed by atoms with Crippen molar-refractivity contribution in [2.45, 2.75) is 46.6 Å². The zero-order valence-electron chi connectivity index (χ0n) is 15.8. The lowest BCUT2D eigenvalue weighted by atomic mass is 9.92.